The number of carbonyl (C=O) groups is 3. The standard InChI is InChI=1S/C25H22B6N4O4/c26-23(27)19(20(36)32-22(38)24(23,28)29)35-13-17-16(21(35)37)2-1-3-18(17)33-25(30,31)15-6-4-14(5-7-15)12-34-8-10-39-11-9-34/h1-7,19,33H,8-13H2,(H,32,36,38). The summed E-state index contributed by atoms with van der Waals surface area (Å²) in [5.41, 5.74) is 3.02. The van der Waals surface area contributed by atoms with Crippen LogP contribution >= 0.6 is 0 Å². The van der Waals surface area contributed by atoms with Crippen LogP contribution in [-0.2, 0) is 32.8 Å². The average molecular weight is 507 g/mol. The van der Waals surface area contributed by atoms with Crippen LogP contribution in [0.4, 0.5) is 5.69 Å². The van der Waals surface area contributed by atoms with Crippen LogP contribution in [-0.4, -0.2) is 107 Å². The summed E-state index contributed by atoms with van der Waals surface area (Å²) in [6, 6.07) is 11.1. The Hall–Kier alpha value is -2.84. The Balaban J connectivity index is 1.36. The van der Waals surface area contributed by atoms with Crippen molar-refractivity contribution in [1.82, 2.24) is 15.1 Å². The summed E-state index contributed by atoms with van der Waals surface area (Å²) in [6.07, 6.45) is 0. The Labute approximate surface area is 235 Å². The summed E-state index contributed by atoms with van der Waals surface area (Å²) in [5, 5.41) is -0.868. The van der Waals surface area contributed by atoms with E-state index in [-0.39, 0.29) is 12.1 Å². The second kappa shape index (κ2) is 9.97. The molecule has 2 aromatic rings. The number of nitrogens with zero attached hydrogens (tertiary/aromatic N) is 2. The van der Waals surface area contributed by atoms with Gasteiger partial charge in [0, 0.05) is 43.0 Å². The summed E-state index contributed by atoms with van der Waals surface area (Å²) >= 11 is 0. The second-order valence-corrected chi connectivity index (χ2v) is 10.4. The Morgan fingerprint density at radius 3 is 2.33 bits per heavy atom. The maximum absolute atomic E-state index is 13.4. The monoisotopic (exact) mass is 508 g/mol. The predicted molar refractivity (Wildman–Crippen MR) is 151 cm³/mol. The third-order valence-electron chi connectivity index (χ3n) is 7.62. The predicted octanol–water partition coefficient (Wildman–Crippen LogP) is -1.03. The molecule has 3 amide bonds. The molecule has 1 unspecified atom stereocenters. The van der Waals surface area contributed by atoms with Crippen LogP contribution in [0.25, 0.3) is 0 Å². The quantitative estimate of drug-likeness (QED) is 0.384. The maximum atomic E-state index is 13.4. The Morgan fingerprint density at radius 1 is 1.00 bits per heavy atom. The number of imide groups is 1. The maximum Gasteiger partial charge on any atom is 0.255 e. The van der Waals surface area contributed by atoms with E-state index >= 15 is 0 Å². The highest BCUT2D eigenvalue weighted by molar-refractivity contribution is 6.63. The van der Waals surface area contributed by atoms with Crippen LogP contribution in [0.3, 0.4) is 0 Å². The van der Waals surface area contributed by atoms with E-state index in [0.717, 1.165) is 43.3 Å². The highest BCUT2D eigenvalue weighted by Gasteiger charge is 2.56. The number of nitrogens with one attached hydrogen (secondary N) is 2. The van der Waals surface area contributed by atoms with Crippen molar-refractivity contribution in [2.45, 2.75) is 34.9 Å². The first-order valence-electron chi connectivity index (χ1n) is 12.5. The van der Waals surface area contributed by atoms with Gasteiger partial charge in [-0.2, -0.15) is 0 Å². The molecule has 12 radical (unpaired) electrons. The lowest BCUT2D eigenvalue weighted by Crippen LogP contribution is -2.66. The van der Waals surface area contributed by atoms with Crippen LogP contribution in [0, 0.1) is 0 Å². The highest BCUT2D eigenvalue weighted by Crippen LogP contribution is 2.50. The molecule has 2 aromatic carbocycles. The van der Waals surface area contributed by atoms with Crippen LogP contribution in [0.1, 0.15) is 27.0 Å². The summed E-state index contributed by atoms with van der Waals surface area (Å²) in [4.78, 5) is 41.8. The van der Waals surface area contributed by atoms with E-state index in [2.05, 4.69) is 15.5 Å². The molecule has 3 aliphatic rings. The van der Waals surface area contributed by atoms with Gasteiger partial charge in [-0.05, 0) is 33.8 Å². The van der Waals surface area contributed by atoms with Crippen LogP contribution in [0.5, 0.6) is 0 Å². The minimum absolute atomic E-state index is 0.0790. The first kappa shape index (κ1) is 27.7. The molecule has 8 nitrogen and oxygen atoms in total. The van der Waals surface area contributed by atoms with E-state index in [1.807, 2.05) is 24.3 Å². The van der Waals surface area contributed by atoms with Crippen LogP contribution < -0.4 is 10.6 Å². The number of rotatable bonds is 6. The van der Waals surface area contributed by atoms with Crippen molar-refractivity contribution in [2.24, 2.45) is 0 Å². The van der Waals surface area contributed by atoms with Gasteiger partial charge in [-0.1, -0.05) is 35.5 Å². The van der Waals surface area contributed by atoms with Gasteiger partial charge in [-0.15, -0.1) is 0 Å². The van der Waals surface area contributed by atoms with Crippen molar-refractivity contribution in [3.63, 3.8) is 0 Å². The van der Waals surface area contributed by atoms with Gasteiger partial charge in [0.25, 0.3) is 5.91 Å². The normalized spacial score (nSPS) is 22.8. The molecule has 2 N–H and O–H groups in total. The summed E-state index contributed by atoms with van der Waals surface area (Å²) in [5.74, 6) is -2.45. The number of fused-ring (bicyclic) bond motifs is 1. The fraction of sp³-hybridized carbons (Fsp3) is 0.400. The number of ether oxygens (including phenoxy) is 1. The zero-order chi connectivity index (χ0) is 28.2. The number of piperidine rings is 1. The topological polar surface area (TPSA) is 91.0 Å². The van der Waals surface area contributed by atoms with E-state index in [0.29, 0.717) is 16.8 Å². The summed E-state index contributed by atoms with van der Waals surface area (Å²) in [7, 11) is 37.0. The molecule has 0 bridgehead atoms. The zero-order valence-electron chi connectivity index (χ0n) is 21.4. The number of amides is 3. The number of hydrogen-bond donors (Lipinski definition) is 2. The third-order valence-corrected chi connectivity index (χ3v) is 7.62. The van der Waals surface area contributed by atoms with Crippen molar-refractivity contribution < 1.29 is 19.1 Å². The summed E-state index contributed by atoms with van der Waals surface area (Å²) in [6.45, 7) is 3.91. The van der Waals surface area contributed by atoms with Crippen LogP contribution in [0.2, 0.25) is 10.4 Å². The number of carbonyl (C=O) groups excluding carboxylic acids is 3. The van der Waals surface area contributed by atoms with Gasteiger partial charge in [-0.25, -0.2) is 0 Å². The van der Waals surface area contributed by atoms with E-state index in [1.165, 1.54) is 0 Å². The molecule has 184 valence electrons. The van der Waals surface area contributed by atoms with Crippen molar-refractivity contribution >= 4 is 70.5 Å². The van der Waals surface area contributed by atoms with Gasteiger partial charge >= 0.3 is 0 Å². The molecule has 0 saturated carbocycles. The first-order valence-corrected chi connectivity index (χ1v) is 12.5. The molecule has 0 aliphatic carbocycles. The van der Waals surface area contributed by atoms with E-state index in [1.54, 1.807) is 18.2 Å². The number of morpholine rings is 1. The number of hydrogen-bond acceptors (Lipinski definition) is 6. The molecular formula is C25H22B6N4O4. The fourth-order valence-corrected chi connectivity index (χ4v) is 5.20. The SMILES string of the molecule is [B]C([B])(Nc1cccc2c1CN(C1C(=O)NC(=O)C([B])([B])C1([B])[B])C2=O)c1ccc(CN2CCOCC2)cc1. The molecule has 3 heterocycles. The third kappa shape index (κ3) is 4.86. The Morgan fingerprint density at radius 2 is 1.67 bits per heavy atom. The van der Waals surface area contributed by atoms with E-state index in [9.17, 15) is 14.4 Å². The van der Waals surface area contributed by atoms with Crippen molar-refractivity contribution in [3.8, 4) is 0 Å². The second-order valence-electron chi connectivity index (χ2n) is 10.4. The lowest BCUT2D eigenvalue weighted by Gasteiger charge is -2.53. The minimum atomic E-state index is -2.31. The zero-order valence-corrected chi connectivity index (χ0v) is 21.4. The largest absolute Gasteiger partial charge is 0.392 e. The molecule has 0 spiro atoms. The molecule has 5 rings (SSSR count). The molecule has 2 saturated heterocycles. The lowest BCUT2D eigenvalue weighted by molar-refractivity contribution is -0.138. The smallest absolute Gasteiger partial charge is 0.255 e. The molecule has 2 fully saturated rings. The van der Waals surface area contributed by atoms with Gasteiger partial charge < -0.3 is 15.0 Å². The van der Waals surface area contributed by atoms with E-state index < -0.39 is 39.5 Å². The lowest BCUT2D eigenvalue weighted by atomic mass is 9.26. The number of anilines is 1. The van der Waals surface area contributed by atoms with Gasteiger partial charge in [0.05, 0.1) is 60.3 Å². The van der Waals surface area contributed by atoms with Gasteiger partial charge in [-0.3, -0.25) is 24.6 Å². The minimum Gasteiger partial charge on any atom is -0.392 e. The van der Waals surface area contributed by atoms with Crippen LogP contribution in [0.15, 0.2) is 42.5 Å². The molecule has 0 aromatic heterocycles. The Bertz CT molecular complexity index is 1310. The molecule has 14 heteroatoms. The Kier molecular flexibility index (Phi) is 7.08. The van der Waals surface area contributed by atoms with E-state index in [4.69, 9.17) is 51.8 Å². The molecule has 39 heavy (non-hydrogen) atoms. The molecular weight excluding hydrogens is 485 g/mol. The highest BCUT2D eigenvalue weighted by atomic mass is 16.5. The van der Waals surface area contributed by atoms with Crippen molar-refractivity contribution in [3.05, 3.63) is 64.7 Å². The van der Waals surface area contributed by atoms with Crippen molar-refractivity contribution in [2.75, 3.05) is 31.6 Å². The molecule has 3 aliphatic heterocycles. The first-order chi connectivity index (χ1) is 18.3. The number of benzene rings is 2. The van der Waals surface area contributed by atoms with Gasteiger partial charge in [0.15, 0.2) is 0 Å². The average Bonchev–Trinajstić information content (AvgIpc) is 3.21. The van der Waals surface area contributed by atoms with Gasteiger partial charge in [0.2, 0.25) is 11.8 Å². The van der Waals surface area contributed by atoms with Crippen molar-refractivity contribution in [1.29, 1.82) is 0 Å². The summed E-state index contributed by atoms with van der Waals surface area (Å²) < 4.78 is 5.40. The fourth-order valence-electron chi connectivity index (χ4n) is 5.20. The molecule has 1 atom stereocenters. The van der Waals surface area contributed by atoms with Gasteiger partial charge in [0.1, 0.15) is 6.04 Å².